The van der Waals surface area contributed by atoms with Gasteiger partial charge in [0.15, 0.2) is 0 Å². The van der Waals surface area contributed by atoms with Gasteiger partial charge in [0, 0.05) is 18.7 Å². The summed E-state index contributed by atoms with van der Waals surface area (Å²) in [5, 5.41) is 9.07. The van der Waals surface area contributed by atoms with E-state index in [0.717, 1.165) is 5.56 Å². The number of morpholine rings is 1. The first-order valence-corrected chi connectivity index (χ1v) is 6.66. The van der Waals surface area contributed by atoms with Crippen LogP contribution >= 0.6 is 0 Å². The Hall–Kier alpha value is -1.88. The van der Waals surface area contributed by atoms with E-state index in [0.29, 0.717) is 18.7 Å². The van der Waals surface area contributed by atoms with E-state index in [2.05, 4.69) is 0 Å². The average molecular weight is 277 g/mol. The van der Waals surface area contributed by atoms with Crippen LogP contribution in [-0.2, 0) is 4.74 Å². The monoisotopic (exact) mass is 277 g/mol. The molecular weight excluding hydrogens is 258 g/mol. The molecule has 0 aromatic heterocycles. The number of nitrogens with zero attached hydrogens (tertiary/aromatic N) is 1. The fourth-order valence-corrected chi connectivity index (χ4v) is 2.56. The fourth-order valence-electron chi connectivity index (χ4n) is 2.56. The first kappa shape index (κ1) is 14.5. The number of carboxylic acid groups (broad SMARTS) is 1. The van der Waals surface area contributed by atoms with Crippen LogP contribution in [0.25, 0.3) is 0 Å². The Balaban J connectivity index is 2.26. The molecular formula is C15H19NO4. The highest BCUT2D eigenvalue weighted by Crippen LogP contribution is 2.17. The number of amides is 1. The summed E-state index contributed by atoms with van der Waals surface area (Å²) in [7, 11) is 0. The lowest BCUT2D eigenvalue weighted by Crippen LogP contribution is -2.48. The van der Waals surface area contributed by atoms with E-state index in [4.69, 9.17) is 9.84 Å². The molecule has 1 aromatic rings. The molecule has 1 N–H and O–H groups in total. The van der Waals surface area contributed by atoms with Gasteiger partial charge < -0.3 is 14.7 Å². The van der Waals surface area contributed by atoms with E-state index in [1.165, 1.54) is 6.07 Å². The number of hydrogen-bond donors (Lipinski definition) is 1. The van der Waals surface area contributed by atoms with Gasteiger partial charge in [-0.2, -0.15) is 0 Å². The summed E-state index contributed by atoms with van der Waals surface area (Å²) in [4.78, 5) is 25.3. The second-order valence-electron chi connectivity index (χ2n) is 5.36. The molecule has 2 rings (SSSR count). The third-order valence-corrected chi connectivity index (χ3v) is 3.28. The molecule has 1 amide bonds. The molecule has 2 unspecified atom stereocenters. The molecule has 0 spiro atoms. The van der Waals surface area contributed by atoms with Gasteiger partial charge in [0.1, 0.15) is 0 Å². The number of carbonyl (C=O) groups excluding carboxylic acids is 1. The summed E-state index contributed by atoms with van der Waals surface area (Å²) in [6.07, 6.45) is -0.0158. The second-order valence-corrected chi connectivity index (χ2v) is 5.36. The molecule has 0 radical (unpaired) electrons. The van der Waals surface area contributed by atoms with Crippen LogP contribution in [0.15, 0.2) is 18.2 Å². The van der Waals surface area contributed by atoms with Crippen molar-refractivity contribution in [3.05, 3.63) is 34.9 Å². The van der Waals surface area contributed by atoms with Gasteiger partial charge in [-0.15, -0.1) is 0 Å². The van der Waals surface area contributed by atoms with Gasteiger partial charge >= 0.3 is 5.97 Å². The zero-order chi connectivity index (χ0) is 14.9. The molecule has 20 heavy (non-hydrogen) atoms. The molecule has 2 atom stereocenters. The smallest absolute Gasteiger partial charge is 0.335 e. The maximum atomic E-state index is 12.5. The topological polar surface area (TPSA) is 66.8 Å². The fraction of sp³-hybridized carbons (Fsp3) is 0.467. The van der Waals surface area contributed by atoms with E-state index >= 15 is 0 Å². The van der Waals surface area contributed by atoms with Crippen molar-refractivity contribution in [3.8, 4) is 0 Å². The van der Waals surface area contributed by atoms with Crippen molar-refractivity contribution < 1.29 is 19.4 Å². The third-order valence-electron chi connectivity index (χ3n) is 3.28. The van der Waals surface area contributed by atoms with Gasteiger partial charge in [0.25, 0.3) is 5.91 Å². The Labute approximate surface area is 118 Å². The van der Waals surface area contributed by atoms with Crippen LogP contribution < -0.4 is 0 Å². The Morgan fingerprint density at radius 1 is 1.15 bits per heavy atom. The van der Waals surface area contributed by atoms with Crippen LogP contribution in [0.2, 0.25) is 0 Å². The van der Waals surface area contributed by atoms with Gasteiger partial charge in [-0.05, 0) is 44.5 Å². The number of aryl methyl sites for hydroxylation is 1. The van der Waals surface area contributed by atoms with Gasteiger partial charge in [-0.1, -0.05) is 0 Å². The van der Waals surface area contributed by atoms with Crippen molar-refractivity contribution in [2.45, 2.75) is 33.0 Å². The predicted molar refractivity (Wildman–Crippen MR) is 74.1 cm³/mol. The summed E-state index contributed by atoms with van der Waals surface area (Å²) in [6.45, 7) is 6.69. The molecule has 0 bridgehead atoms. The highest BCUT2D eigenvalue weighted by molar-refractivity contribution is 5.97. The van der Waals surface area contributed by atoms with E-state index in [1.54, 1.807) is 24.0 Å². The molecule has 1 aromatic carbocycles. The molecule has 1 heterocycles. The van der Waals surface area contributed by atoms with E-state index < -0.39 is 5.97 Å². The third kappa shape index (κ3) is 3.17. The quantitative estimate of drug-likeness (QED) is 0.897. The van der Waals surface area contributed by atoms with Crippen molar-refractivity contribution in [2.24, 2.45) is 0 Å². The van der Waals surface area contributed by atoms with Crippen LogP contribution in [0.1, 0.15) is 40.1 Å². The molecule has 1 saturated heterocycles. The summed E-state index contributed by atoms with van der Waals surface area (Å²) >= 11 is 0. The van der Waals surface area contributed by atoms with Gasteiger partial charge in [0.2, 0.25) is 0 Å². The average Bonchev–Trinajstić information content (AvgIpc) is 2.35. The van der Waals surface area contributed by atoms with Gasteiger partial charge in [-0.3, -0.25) is 4.79 Å². The van der Waals surface area contributed by atoms with Crippen LogP contribution in [0.5, 0.6) is 0 Å². The van der Waals surface area contributed by atoms with Crippen molar-refractivity contribution in [2.75, 3.05) is 13.1 Å². The molecule has 0 saturated carbocycles. The maximum absolute atomic E-state index is 12.5. The zero-order valence-corrected chi connectivity index (χ0v) is 11.9. The van der Waals surface area contributed by atoms with Gasteiger partial charge in [0.05, 0.1) is 17.8 Å². The first-order chi connectivity index (χ1) is 9.36. The first-order valence-electron chi connectivity index (χ1n) is 6.66. The van der Waals surface area contributed by atoms with Crippen LogP contribution in [0.3, 0.4) is 0 Å². The Morgan fingerprint density at radius 2 is 1.70 bits per heavy atom. The zero-order valence-electron chi connectivity index (χ0n) is 11.9. The summed E-state index contributed by atoms with van der Waals surface area (Å²) < 4.78 is 5.60. The minimum Gasteiger partial charge on any atom is -0.478 e. The van der Waals surface area contributed by atoms with Crippen molar-refractivity contribution in [1.29, 1.82) is 0 Å². The highest BCUT2D eigenvalue weighted by Gasteiger charge is 2.27. The SMILES string of the molecule is Cc1cc(C(=O)O)cc(C(=O)N2CC(C)OC(C)C2)c1. The van der Waals surface area contributed by atoms with Crippen molar-refractivity contribution >= 4 is 11.9 Å². The summed E-state index contributed by atoms with van der Waals surface area (Å²) in [5.74, 6) is -1.16. The lowest BCUT2D eigenvalue weighted by molar-refractivity contribution is -0.0586. The van der Waals surface area contributed by atoms with Crippen LogP contribution in [-0.4, -0.2) is 47.2 Å². The summed E-state index contributed by atoms with van der Waals surface area (Å²) in [5.41, 5.74) is 1.33. The molecule has 1 aliphatic heterocycles. The Bertz CT molecular complexity index is 531. The highest BCUT2D eigenvalue weighted by atomic mass is 16.5. The minimum atomic E-state index is -1.02. The van der Waals surface area contributed by atoms with E-state index in [9.17, 15) is 9.59 Å². The number of aromatic carboxylic acids is 1. The molecule has 5 nitrogen and oxygen atoms in total. The molecule has 1 fully saturated rings. The molecule has 0 aliphatic carbocycles. The normalized spacial score (nSPS) is 22.6. The number of carboxylic acids is 1. The largest absolute Gasteiger partial charge is 0.478 e. The minimum absolute atomic E-state index is 0.00791. The number of rotatable bonds is 2. The van der Waals surface area contributed by atoms with Crippen molar-refractivity contribution in [3.63, 3.8) is 0 Å². The Kier molecular flexibility index (Phi) is 4.09. The standard InChI is InChI=1S/C15H19NO4/c1-9-4-12(6-13(5-9)15(18)19)14(17)16-7-10(2)20-11(3)8-16/h4-6,10-11H,7-8H2,1-3H3,(H,18,19). The lowest BCUT2D eigenvalue weighted by Gasteiger charge is -2.35. The predicted octanol–water partition coefficient (Wildman–Crippen LogP) is 1.94. The van der Waals surface area contributed by atoms with E-state index in [1.807, 2.05) is 13.8 Å². The van der Waals surface area contributed by atoms with Crippen LogP contribution in [0.4, 0.5) is 0 Å². The molecule has 5 heteroatoms. The molecule has 1 aliphatic rings. The second kappa shape index (κ2) is 5.63. The number of carbonyl (C=O) groups is 2. The van der Waals surface area contributed by atoms with Gasteiger partial charge in [-0.25, -0.2) is 4.79 Å². The Morgan fingerprint density at radius 3 is 2.25 bits per heavy atom. The lowest BCUT2D eigenvalue weighted by atomic mass is 10.0. The number of benzene rings is 1. The summed E-state index contributed by atoms with van der Waals surface area (Å²) in [6, 6.07) is 4.71. The number of hydrogen-bond acceptors (Lipinski definition) is 3. The van der Waals surface area contributed by atoms with Crippen molar-refractivity contribution in [1.82, 2.24) is 4.90 Å². The molecule has 108 valence electrons. The number of ether oxygens (including phenoxy) is 1. The van der Waals surface area contributed by atoms with E-state index in [-0.39, 0.29) is 23.7 Å². The maximum Gasteiger partial charge on any atom is 0.335 e. The van der Waals surface area contributed by atoms with Crippen LogP contribution in [0, 0.1) is 6.92 Å².